The third-order valence-electron chi connectivity index (χ3n) is 3.40. The van der Waals surface area contributed by atoms with Crippen molar-refractivity contribution < 1.29 is 0 Å². The Bertz CT molecular complexity index is 687. The number of hydrogen-bond donors (Lipinski definition) is 2. The number of nitrogens with zero attached hydrogens (tertiary/aromatic N) is 2. The second-order valence-electron chi connectivity index (χ2n) is 4.79. The van der Waals surface area contributed by atoms with Crippen molar-refractivity contribution in [1.29, 1.82) is 0 Å². The van der Waals surface area contributed by atoms with Gasteiger partial charge in [-0.1, -0.05) is 6.07 Å². The van der Waals surface area contributed by atoms with Crippen LogP contribution >= 0.6 is 0 Å². The zero-order chi connectivity index (χ0) is 13.4. The summed E-state index contributed by atoms with van der Waals surface area (Å²) >= 11 is 0. The topological polar surface area (TPSA) is 67.6 Å². The van der Waals surface area contributed by atoms with Gasteiger partial charge >= 0.3 is 0 Å². The molecule has 1 aromatic carbocycles. The van der Waals surface area contributed by atoms with Crippen LogP contribution < -0.4 is 5.73 Å². The molecule has 0 fully saturated rings. The van der Waals surface area contributed by atoms with Crippen LogP contribution in [0.25, 0.3) is 22.6 Å². The Morgan fingerprint density at radius 3 is 2.63 bits per heavy atom. The van der Waals surface area contributed by atoms with Crippen LogP contribution in [0.15, 0.2) is 30.5 Å². The summed E-state index contributed by atoms with van der Waals surface area (Å²) in [6, 6.07) is 8.14. The van der Waals surface area contributed by atoms with Gasteiger partial charge in [-0.3, -0.25) is 4.98 Å². The molecule has 0 aliphatic carbocycles. The molecule has 0 unspecified atom stereocenters. The predicted molar refractivity (Wildman–Crippen MR) is 76.7 cm³/mol. The molecule has 0 aliphatic rings. The first kappa shape index (κ1) is 11.9. The van der Waals surface area contributed by atoms with Crippen molar-refractivity contribution in [2.45, 2.75) is 20.4 Å². The lowest BCUT2D eigenvalue weighted by Crippen LogP contribution is -1.97. The summed E-state index contributed by atoms with van der Waals surface area (Å²) in [6.07, 6.45) is 1.79. The fraction of sp³-hybridized carbons (Fsp3) is 0.200. The van der Waals surface area contributed by atoms with Crippen LogP contribution in [0.3, 0.4) is 0 Å². The van der Waals surface area contributed by atoms with E-state index in [0.717, 1.165) is 28.1 Å². The summed E-state index contributed by atoms with van der Waals surface area (Å²) in [7, 11) is 0. The van der Waals surface area contributed by atoms with Crippen molar-refractivity contribution in [3.8, 4) is 11.5 Å². The SMILES string of the molecule is Cc1cc2nc(-c3ccc(CN)cn3)[nH]c2cc1C. The molecule has 4 heteroatoms. The largest absolute Gasteiger partial charge is 0.337 e. The Kier molecular flexibility index (Phi) is 2.80. The lowest BCUT2D eigenvalue weighted by molar-refractivity contribution is 1.05. The zero-order valence-electron chi connectivity index (χ0n) is 11.1. The van der Waals surface area contributed by atoms with Crippen molar-refractivity contribution >= 4 is 11.0 Å². The number of imidazole rings is 1. The van der Waals surface area contributed by atoms with Gasteiger partial charge in [-0.2, -0.15) is 0 Å². The van der Waals surface area contributed by atoms with Crippen molar-refractivity contribution in [3.63, 3.8) is 0 Å². The van der Waals surface area contributed by atoms with Crippen molar-refractivity contribution in [2.24, 2.45) is 5.73 Å². The summed E-state index contributed by atoms with van der Waals surface area (Å²) in [4.78, 5) is 12.3. The van der Waals surface area contributed by atoms with Crippen LogP contribution in [-0.4, -0.2) is 15.0 Å². The van der Waals surface area contributed by atoms with Gasteiger partial charge in [0, 0.05) is 12.7 Å². The maximum absolute atomic E-state index is 5.57. The normalized spacial score (nSPS) is 11.1. The second-order valence-corrected chi connectivity index (χ2v) is 4.79. The Hall–Kier alpha value is -2.20. The van der Waals surface area contributed by atoms with Gasteiger partial charge in [-0.25, -0.2) is 4.98 Å². The number of nitrogens with two attached hydrogens (primary N) is 1. The number of aromatic amines is 1. The molecule has 0 aliphatic heterocycles. The van der Waals surface area contributed by atoms with Crippen molar-refractivity contribution in [3.05, 3.63) is 47.2 Å². The molecule has 4 nitrogen and oxygen atoms in total. The number of nitrogens with one attached hydrogen (secondary N) is 1. The van der Waals surface area contributed by atoms with E-state index in [1.165, 1.54) is 11.1 Å². The molecule has 0 saturated heterocycles. The van der Waals surface area contributed by atoms with E-state index in [-0.39, 0.29) is 0 Å². The number of fused-ring (bicyclic) bond motifs is 1. The summed E-state index contributed by atoms with van der Waals surface area (Å²) in [5, 5.41) is 0. The molecule has 19 heavy (non-hydrogen) atoms. The van der Waals surface area contributed by atoms with Gasteiger partial charge in [0.15, 0.2) is 5.82 Å². The average molecular weight is 252 g/mol. The number of hydrogen-bond acceptors (Lipinski definition) is 3. The predicted octanol–water partition coefficient (Wildman–Crippen LogP) is 2.70. The number of pyridine rings is 1. The number of aryl methyl sites for hydroxylation is 2. The molecular formula is C15H16N4. The van der Waals surface area contributed by atoms with Crippen LogP contribution in [0.2, 0.25) is 0 Å². The average Bonchev–Trinajstić information content (AvgIpc) is 2.82. The minimum Gasteiger partial charge on any atom is -0.337 e. The molecule has 2 heterocycles. The van der Waals surface area contributed by atoms with E-state index in [0.29, 0.717) is 6.54 Å². The monoisotopic (exact) mass is 252 g/mol. The van der Waals surface area contributed by atoms with Gasteiger partial charge in [0.25, 0.3) is 0 Å². The Morgan fingerprint density at radius 2 is 1.95 bits per heavy atom. The third kappa shape index (κ3) is 2.11. The van der Waals surface area contributed by atoms with Gasteiger partial charge in [-0.15, -0.1) is 0 Å². The Morgan fingerprint density at radius 1 is 1.16 bits per heavy atom. The number of benzene rings is 1. The highest BCUT2D eigenvalue weighted by Crippen LogP contribution is 2.21. The molecule has 3 rings (SSSR count). The molecule has 0 spiro atoms. The molecule has 2 aromatic heterocycles. The standard InChI is InChI=1S/C15H16N4/c1-9-5-13-14(6-10(9)2)19-15(18-13)12-4-3-11(7-16)8-17-12/h3-6,8H,7,16H2,1-2H3,(H,18,19). The highest BCUT2D eigenvalue weighted by molar-refractivity contribution is 5.80. The highest BCUT2D eigenvalue weighted by atomic mass is 14.9. The highest BCUT2D eigenvalue weighted by Gasteiger charge is 2.07. The maximum atomic E-state index is 5.57. The summed E-state index contributed by atoms with van der Waals surface area (Å²) < 4.78 is 0. The molecule has 3 N–H and O–H groups in total. The van der Waals surface area contributed by atoms with E-state index >= 15 is 0 Å². The fourth-order valence-electron chi connectivity index (χ4n) is 2.08. The molecule has 0 saturated carbocycles. The molecule has 0 bridgehead atoms. The van der Waals surface area contributed by atoms with Crippen LogP contribution in [0, 0.1) is 13.8 Å². The first-order valence-electron chi connectivity index (χ1n) is 6.29. The molecule has 96 valence electrons. The van der Waals surface area contributed by atoms with Gasteiger partial charge in [0.2, 0.25) is 0 Å². The van der Waals surface area contributed by atoms with Crippen LogP contribution in [0.5, 0.6) is 0 Å². The molecule has 0 radical (unpaired) electrons. The van der Waals surface area contributed by atoms with E-state index in [4.69, 9.17) is 5.73 Å². The smallest absolute Gasteiger partial charge is 0.157 e. The van der Waals surface area contributed by atoms with Crippen LogP contribution in [0.4, 0.5) is 0 Å². The summed E-state index contributed by atoms with van der Waals surface area (Å²) in [5.74, 6) is 0.795. The number of aromatic nitrogens is 3. The lowest BCUT2D eigenvalue weighted by atomic mass is 10.1. The molecule has 3 aromatic rings. The lowest BCUT2D eigenvalue weighted by Gasteiger charge is -1.98. The molecule has 0 amide bonds. The fourth-order valence-corrected chi connectivity index (χ4v) is 2.08. The second kappa shape index (κ2) is 4.48. The maximum Gasteiger partial charge on any atom is 0.157 e. The van der Waals surface area contributed by atoms with E-state index in [1.54, 1.807) is 6.20 Å². The van der Waals surface area contributed by atoms with Crippen molar-refractivity contribution in [2.75, 3.05) is 0 Å². The Balaban J connectivity index is 2.09. The summed E-state index contributed by atoms with van der Waals surface area (Å²) in [6.45, 7) is 4.70. The van der Waals surface area contributed by atoms with Crippen molar-refractivity contribution in [1.82, 2.24) is 15.0 Å². The Labute approximate surface area is 111 Å². The zero-order valence-corrected chi connectivity index (χ0v) is 11.1. The number of rotatable bonds is 2. The summed E-state index contributed by atoms with van der Waals surface area (Å²) in [5.41, 5.74) is 12.0. The van der Waals surface area contributed by atoms with E-state index in [2.05, 4.69) is 40.9 Å². The van der Waals surface area contributed by atoms with Gasteiger partial charge < -0.3 is 10.7 Å². The first-order chi connectivity index (χ1) is 9.17. The number of H-pyrrole nitrogens is 1. The van der Waals surface area contributed by atoms with Gasteiger partial charge in [0.05, 0.1) is 11.0 Å². The van der Waals surface area contributed by atoms with Gasteiger partial charge in [0.1, 0.15) is 5.69 Å². The third-order valence-corrected chi connectivity index (χ3v) is 3.40. The minimum atomic E-state index is 0.506. The molecule has 0 atom stereocenters. The van der Waals surface area contributed by atoms with E-state index in [1.807, 2.05) is 12.1 Å². The molecular weight excluding hydrogens is 236 g/mol. The van der Waals surface area contributed by atoms with Crippen LogP contribution in [-0.2, 0) is 6.54 Å². The minimum absolute atomic E-state index is 0.506. The first-order valence-corrected chi connectivity index (χ1v) is 6.29. The van der Waals surface area contributed by atoms with Gasteiger partial charge in [-0.05, 0) is 48.7 Å². The van der Waals surface area contributed by atoms with Crippen LogP contribution in [0.1, 0.15) is 16.7 Å². The quantitative estimate of drug-likeness (QED) is 0.736. The van der Waals surface area contributed by atoms with E-state index in [9.17, 15) is 0 Å². The van der Waals surface area contributed by atoms with E-state index < -0.39 is 0 Å².